The van der Waals surface area contributed by atoms with Crippen LogP contribution in [0.15, 0.2) is 62.8 Å². The van der Waals surface area contributed by atoms with E-state index >= 15 is 0 Å². The van der Waals surface area contributed by atoms with Crippen LogP contribution in [0.3, 0.4) is 0 Å². The summed E-state index contributed by atoms with van der Waals surface area (Å²) in [5, 5.41) is 13.6. The maximum Gasteiger partial charge on any atom is 0.267 e. The molecular formula is C28H36N4O8S2. The van der Waals surface area contributed by atoms with Crippen LogP contribution in [-0.4, -0.2) is 81.1 Å². The van der Waals surface area contributed by atoms with Crippen LogP contribution in [0, 0.1) is 19.8 Å². The van der Waals surface area contributed by atoms with Gasteiger partial charge in [0.25, 0.3) is 10.0 Å². The van der Waals surface area contributed by atoms with Crippen molar-refractivity contribution in [3.63, 3.8) is 0 Å². The summed E-state index contributed by atoms with van der Waals surface area (Å²) in [6.45, 7) is 6.52. The molecule has 1 amide bonds. The van der Waals surface area contributed by atoms with Crippen molar-refractivity contribution in [1.29, 1.82) is 0 Å². The van der Waals surface area contributed by atoms with Crippen LogP contribution in [-0.2, 0) is 31.3 Å². The lowest BCUT2D eigenvalue weighted by molar-refractivity contribution is -0.134. The normalized spacial score (nSPS) is 18.9. The highest BCUT2D eigenvalue weighted by atomic mass is 32.2. The number of carbonyl (C=O) groups excluding carboxylic acids is 1. The van der Waals surface area contributed by atoms with Crippen LogP contribution in [0.1, 0.15) is 30.9 Å². The number of sulfonamides is 2. The van der Waals surface area contributed by atoms with Gasteiger partial charge in [-0.05, 0) is 51.1 Å². The van der Waals surface area contributed by atoms with Gasteiger partial charge in [-0.3, -0.25) is 9.52 Å². The molecule has 3 aromatic rings. The van der Waals surface area contributed by atoms with Gasteiger partial charge in [0, 0.05) is 30.8 Å². The van der Waals surface area contributed by atoms with E-state index in [1.165, 1.54) is 49.5 Å². The number of amides is 1. The van der Waals surface area contributed by atoms with Gasteiger partial charge in [0.05, 0.1) is 30.5 Å². The molecule has 0 radical (unpaired) electrons. The van der Waals surface area contributed by atoms with Gasteiger partial charge >= 0.3 is 0 Å². The quantitative estimate of drug-likeness (QED) is 0.367. The van der Waals surface area contributed by atoms with Gasteiger partial charge in [-0.25, -0.2) is 16.8 Å². The average molecular weight is 621 g/mol. The molecule has 0 spiro atoms. The molecule has 2 N–H and O–H groups in total. The van der Waals surface area contributed by atoms with Crippen LogP contribution in [0.5, 0.6) is 5.75 Å². The standard InChI is InChI=1S/C28H36N4O8S2/c1-18-15-32(19(2)17-33)27(34)14-22-13-23(30-41(35,36)28-20(3)29-40-21(28)4)11-12-25(22)39-26(18)16-31(5)42(37,38)24-9-7-6-8-10-24/h6-13,18-19,26,30,33H,14-17H2,1-5H3/t18-,19-,26+/m1/s1. The number of hydrogen-bond donors (Lipinski definition) is 2. The molecule has 0 saturated heterocycles. The van der Waals surface area contributed by atoms with E-state index in [2.05, 4.69) is 9.88 Å². The zero-order chi connectivity index (χ0) is 30.8. The minimum Gasteiger partial charge on any atom is -0.488 e. The van der Waals surface area contributed by atoms with Gasteiger partial charge in [0.1, 0.15) is 17.5 Å². The largest absolute Gasteiger partial charge is 0.488 e. The minimum absolute atomic E-state index is 0.0200. The molecule has 1 aliphatic heterocycles. The number of aliphatic hydroxyl groups is 1. The second kappa shape index (κ2) is 12.4. The maximum atomic E-state index is 13.5. The van der Waals surface area contributed by atoms with Gasteiger partial charge in [-0.1, -0.05) is 30.3 Å². The second-order valence-corrected chi connectivity index (χ2v) is 14.2. The molecule has 12 nitrogen and oxygen atoms in total. The molecule has 14 heteroatoms. The number of rotatable bonds is 9. The van der Waals surface area contributed by atoms with Crippen molar-refractivity contribution >= 4 is 31.6 Å². The molecule has 2 heterocycles. The summed E-state index contributed by atoms with van der Waals surface area (Å²) in [4.78, 5) is 15.1. The first-order valence-corrected chi connectivity index (χ1v) is 16.3. The van der Waals surface area contributed by atoms with Gasteiger partial charge in [-0.15, -0.1) is 0 Å². The van der Waals surface area contributed by atoms with E-state index in [1.54, 1.807) is 36.1 Å². The van der Waals surface area contributed by atoms with Crippen LogP contribution < -0.4 is 9.46 Å². The van der Waals surface area contributed by atoms with E-state index in [-0.39, 0.29) is 64.9 Å². The molecule has 4 rings (SSSR count). The number of benzene rings is 2. The highest BCUT2D eigenvalue weighted by molar-refractivity contribution is 7.92. The molecule has 0 unspecified atom stereocenters. The molecule has 228 valence electrons. The number of nitrogens with zero attached hydrogens (tertiary/aromatic N) is 3. The molecule has 3 atom stereocenters. The number of anilines is 1. The first-order chi connectivity index (χ1) is 19.7. The molecule has 2 aromatic carbocycles. The predicted octanol–water partition coefficient (Wildman–Crippen LogP) is 2.56. The zero-order valence-corrected chi connectivity index (χ0v) is 25.8. The Hall–Kier alpha value is -3.46. The number of hydrogen-bond acceptors (Lipinski definition) is 9. The minimum atomic E-state index is -4.05. The van der Waals surface area contributed by atoms with Gasteiger partial charge in [-0.2, -0.15) is 4.31 Å². The third-order valence-electron chi connectivity index (χ3n) is 7.29. The molecule has 42 heavy (non-hydrogen) atoms. The third kappa shape index (κ3) is 6.61. The first kappa shape index (κ1) is 31.5. The SMILES string of the molecule is Cc1noc(C)c1S(=O)(=O)Nc1ccc2c(c1)CC(=O)N([C@H](C)CO)C[C@@H](C)[C@H](CN(C)S(=O)(=O)c1ccccc1)O2. The summed E-state index contributed by atoms with van der Waals surface area (Å²) in [7, 11) is -6.41. The van der Waals surface area contributed by atoms with Crippen molar-refractivity contribution in [3.05, 3.63) is 65.5 Å². The van der Waals surface area contributed by atoms with E-state index in [0.717, 1.165) is 0 Å². The third-order valence-corrected chi connectivity index (χ3v) is 10.8. The number of aromatic nitrogens is 1. The summed E-state index contributed by atoms with van der Waals surface area (Å²) in [6.07, 6.45) is -0.811. The topological polar surface area (TPSA) is 159 Å². The van der Waals surface area contributed by atoms with Crippen molar-refractivity contribution in [2.45, 2.75) is 56.1 Å². The Labute approximate surface area is 246 Å². The van der Waals surface area contributed by atoms with Gasteiger partial charge < -0.3 is 19.3 Å². The Bertz CT molecular complexity index is 1620. The fourth-order valence-corrected chi connectivity index (χ4v) is 7.48. The number of nitrogens with one attached hydrogen (secondary N) is 1. The van der Waals surface area contributed by atoms with E-state index in [9.17, 15) is 26.7 Å². The summed E-state index contributed by atoms with van der Waals surface area (Å²) in [6, 6.07) is 12.1. The lowest BCUT2D eigenvalue weighted by Crippen LogP contribution is -2.48. The Balaban J connectivity index is 1.70. The zero-order valence-electron chi connectivity index (χ0n) is 24.1. The molecule has 0 bridgehead atoms. The Kier molecular flexibility index (Phi) is 9.30. The lowest BCUT2D eigenvalue weighted by Gasteiger charge is -2.33. The molecule has 0 fully saturated rings. The van der Waals surface area contributed by atoms with Crippen LogP contribution in [0.25, 0.3) is 0 Å². The van der Waals surface area contributed by atoms with Gasteiger partial charge in [0.15, 0.2) is 10.7 Å². The summed E-state index contributed by atoms with van der Waals surface area (Å²) in [5.74, 6) is -0.157. The van der Waals surface area contributed by atoms with E-state index in [1.807, 2.05) is 6.92 Å². The predicted molar refractivity (Wildman–Crippen MR) is 155 cm³/mol. The van der Waals surface area contributed by atoms with Crippen molar-refractivity contribution in [2.75, 3.05) is 31.5 Å². The maximum absolute atomic E-state index is 13.5. The summed E-state index contributed by atoms with van der Waals surface area (Å²) >= 11 is 0. The lowest BCUT2D eigenvalue weighted by atomic mass is 10.0. The van der Waals surface area contributed by atoms with Gasteiger partial charge in [0.2, 0.25) is 15.9 Å². The molecule has 1 aromatic heterocycles. The van der Waals surface area contributed by atoms with E-state index < -0.39 is 32.2 Å². The van der Waals surface area contributed by atoms with E-state index in [0.29, 0.717) is 11.3 Å². The fourth-order valence-electron chi connectivity index (χ4n) is 4.90. The van der Waals surface area contributed by atoms with Crippen molar-refractivity contribution in [3.8, 4) is 5.75 Å². The summed E-state index contributed by atoms with van der Waals surface area (Å²) in [5.41, 5.74) is 0.808. The second-order valence-electron chi connectivity index (χ2n) is 10.6. The number of aryl methyl sites for hydroxylation is 2. The molecule has 0 aliphatic carbocycles. The Morgan fingerprint density at radius 2 is 1.83 bits per heavy atom. The highest BCUT2D eigenvalue weighted by Gasteiger charge is 2.34. The Morgan fingerprint density at radius 1 is 1.14 bits per heavy atom. The number of aliphatic hydroxyl groups excluding tert-OH is 1. The molecule has 1 aliphatic rings. The number of carbonyl (C=O) groups is 1. The smallest absolute Gasteiger partial charge is 0.267 e. The fraction of sp³-hybridized carbons (Fsp3) is 0.429. The van der Waals surface area contributed by atoms with Crippen molar-refractivity contribution < 1.29 is 36.0 Å². The Morgan fingerprint density at radius 3 is 2.45 bits per heavy atom. The first-order valence-electron chi connectivity index (χ1n) is 13.4. The molecular weight excluding hydrogens is 584 g/mol. The van der Waals surface area contributed by atoms with Crippen LogP contribution in [0.4, 0.5) is 5.69 Å². The van der Waals surface area contributed by atoms with Crippen LogP contribution >= 0.6 is 0 Å². The average Bonchev–Trinajstić information content (AvgIpc) is 3.31. The highest BCUT2D eigenvalue weighted by Crippen LogP contribution is 2.31. The molecule has 0 saturated carbocycles. The monoisotopic (exact) mass is 620 g/mol. The van der Waals surface area contributed by atoms with E-state index in [4.69, 9.17) is 9.26 Å². The van der Waals surface area contributed by atoms with Crippen LogP contribution in [0.2, 0.25) is 0 Å². The summed E-state index contributed by atoms with van der Waals surface area (Å²) < 4.78 is 67.9. The number of ether oxygens (including phenoxy) is 1. The van der Waals surface area contributed by atoms with Crippen molar-refractivity contribution in [1.82, 2.24) is 14.4 Å². The number of likely N-dealkylation sites (N-methyl/N-ethyl adjacent to an activating group) is 1. The van der Waals surface area contributed by atoms with Crippen molar-refractivity contribution in [2.24, 2.45) is 5.92 Å². The number of fused-ring (bicyclic) bond motifs is 1.